The van der Waals surface area contributed by atoms with Crippen molar-refractivity contribution in [3.05, 3.63) is 111 Å². The Hall–Kier alpha value is -4.14. The number of aromatic amines is 1. The molecule has 1 aromatic heterocycles. The van der Waals surface area contributed by atoms with Gasteiger partial charge in [0.05, 0.1) is 6.61 Å². The van der Waals surface area contributed by atoms with Gasteiger partial charge >= 0.3 is 19.4 Å². The number of aromatic nitrogens is 2. The third-order valence-electron chi connectivity index (χ3n) is 7.18. The van der Waals surface area contributed by atoms with Crippen molar-refractivity contribution >= 4 is 24.5 Å². The van der Waals surface area contributed by atoms with E-state index in [-0.39, 0.29) is 18.8 Å². The number of carbonyl (C=O) groups is 1. The lowest BCUT2D eigenvalue weighted by atomic mass is 10.1. The number of rotatable bonds is 12. The Labute approximate surface area is 256 Å². The minimum Gasteiger partial charge on any atom is -0.465 e. The molecule has 15 heteroatoms. The summed E-state index contributed by atoms with van der Waals surface area (Å²) in [4.78, 5) is 39.0. The Bertz CT molecular complexity index is 1810. The van der Waals surface area contributed by atoms with E-state index in [4.69, 9.17) is 24.3 Å². The summed E-state index contributed by atoms with van der Waals surface area (Å²) in [6.07, 6.45) is -4.02. The number of nitrogens with two attached hydrogens (primary N) is 1. The van der Waals surface area contributed by atoms with Crippen molar-refractivity contribution < 1.29 is 38.1 Å². The zero-order valence-corrected chi connectivity index (χ0v) is 25.0. The molecule has 0 saturated carbocycles. The van der Waals surface area contributed by atoms with Crippen LogP contribution in [0.2, 0.25) is 0 Å². The first-order valence-electron chi connectivity index (χ1n) is 14.1. The molecule has 1 fully saturated rings. The zero-order chi connectivity index (χ0) is 32.2. The molecule has 0 bridgehead atoms. The largest absolute Gasteiger partial charge is 0.465 e. The minimum absolute atomic E-state index is 0.0503. The number of fused-ring (bicyclic) bond motifs is 1. The van der Waals surface area contributed by atoms with Gasteiger partial charge in [-0.3, -0.25) is 29.4 Å². The Morgan fingerprint density at radius 2 is 1.80 bits per heavy atom. The summed E-state index contributed by atoms with van der Waals surface area (Å²) in [5, 5.41) is 25.6. The number of hydrogen-bond acceptors (Lipinski definition) is 11. The molecule has 1 saturated heterocycles. The van der Waals surface area contributed by atoms with Crippen molar-refractivity contribution in [3.8, 4) is 5.75 Å². The maximum atomic E-state index is 14.6. The van der Waals surface area contributed by atoms with Crippen LogP contribution in [0.3, 0.4) is 0 Å². The summed E-state index contributed by atoms with van der Waals surface area (Å²) in [6.45, 7) is 0.846. The quantitative estimate of drug-likeness (QED) is 0.111. The van der Waals surface area contributed by atoms with Crippen molar-refractivity contribution in [2.24, 2.45) is 5.73 Å². The highest BCUT2D eigenvalue weighted by atomic mass is 31.2. The van der Waals surface area contributed by atoms with Gasteiger partial charge in [0.1, 0.15) is 30.6 Å². The topological polar surface area (TPSA) is 204 Å². The Morgan fingerprint density at radius 3 is 2.53 bits per heavy atom. The molecule has 4 aromatic rings. The highest BCUT2D eigenvalue weighted by molar-refractivity contribution is 7.52. The van der Waals surface area contributed by atoms with Crippen LogP contribution in [0.25, 0.3) is 10.8 Å². The lowest BCUT2D eigenvalue weighted by Gasteiger charge is -2.30. The van der Waals surface area contributed by atoms with E-state index in [9.17, 15) is 29.2 Å². The minimum atomic E-state index is -4.58. The molecule has 238 valence electrons. The number of hydrogen-bond donors (Lipinski definition) is 5. The van der Waals surface area contributed by atoms with E-state index < -0.39 is 61.8 Å². The second-order valence-corrected chi connectivity index (χ2v) is 12.1. The molecule has 1 aliphatic heterocycles. The maximum Gasteiger partial charge on any atom is 0.459 e. The number of nitrogens with zero attached hydrogens (tertiary/aromatic N) is 1. The van der Waals surface area contributed by atoms with Gasteiger partial charge in [0, 0.05) is 17.6 Å². The fourth-order valence-electron chi connectivity index (χ4n) is 4.92. The average molecular weight is 641 g/mol. The van der Waals surface area contributed by atoms with Gasteiger partial charge in [-0.05, 0) is 30.4 Å². The predicted octanol–water partition coefficient (Wildman–Crippen LogP) is 1.56. The predicted molar refractivity (Wildman–Crippen MR) is 162 cm³/mol. The van der Waals surface area contributed by atoms with Crippen LogP contribution in [0.1, 0.15) is 18.7 Å². The van der Waals surface area contributed by atoms with Crippen molar-refractivity contribution in [2.75, 3.05) is 13.2 Å². The summed E-state index contributed by atoms with van der Waals surface area (Å²) in [7, 11) is -4.58. The zero-order valence-electron chi connectivity index (χ0n) is 24.1. The van der Waals surface area contributed by atoms with Gasteiger partial charge in [-0.25, -0.2) is 9.36 Å². The molecule has 14 nitrogen and oxygen atoms in total. The third kappa shape index (κ3) is 7.24. The van der Waals surface area contributed by atoms with Crippen LogP contribution in [-0.2, 0) is 29.8 Å². The van der Waals surface area contributed by atoms with Crippen molar-refractivity contribution in [1.29, 1.82) is 0 Å². The van der Waals surface area contributed by atoms with Crippen LogP contribution < -0.4 is 26.6 Å². The molecule has 6 N–H and O–H groups in total. The number of H-pyrrole nitrogens is 1. The van der Waals surface area contributed by atoms with Gasteiger partial charge in [-0.2, -0.15) is 5.09 Å². The van der Waals surface area contributed by atoms with Crippen LogP contribution in [0.5, 0.6) is 5.75 Å². The van der Waals surface area contributed by atoms with E-state index in [1.807, 2.05) is 29.2 Å². The number of carbonyl (C=O) groups excluding carboxylic acids is 1. The highest BCUT2D eigenvalue weighted by Crippen LogP contribution is 2.48. The van der Waals surface area contributed by atoms with E-state index in [0.29, 0.717) is 5.39 Å². The van der Waals surface area contributed by atoms with E-state index in [0.717, 1.165) is 27.8 Å². The number of aliphatic hydroxyl groups excluding tert-OH is 2. The number of esters is 1. The lowest BCUT2D eigenvalue weighted by molar-refractivity contribution is -0.145. The summed E-state index contributed by atoms with van der Waals surface area (Å²) >= 11 is 0. The molecule has 6 atom stereocenters. The first kappa shape index (κ1) is 32.3. The van der Waals surface area contributed by atoms with Gasteiger partial charge in [0.15, 0.2) is 12.0 Å². The van der Waals surface area contributed by atoms with E-state index in [1.54, 1.807) is 55.5 Å². The normalized spacial score (nSPS) is 23.3. The average Bonchev–Trinajstić information content (AvgIpc) is 3.25. The highest BCUT2D eigenvalue weighted by Gasteiger charge is 2.54. The molecule has 2 heterocycles. The molecule has 0 radical (unpaired) electrons. The van der Waals surface area contributed by atoms with E-state index in [1.165, 1.54) is 0 Å². The van der Waals surface area contributed by atoms with E-state index >= 15 is 0 Å². The van der Waals surface area contributed by atoms with Gasteiger partial charge in [0.25, 0.3) is 5.56 Å². The van der Waals surface area contributed by atoms with Gasteiger partial charge in [0.2, 0.25) is 0 Å². The molecule has 0 spiro atoms. The number of nitrogens with one attached hydrogen (secondary N) is 2. The fraction of sp³-hybridized carbons (Fsp3) is 0.300. The number of ether oxygens (including phenoxy) is 2. The Balaban J connectivity index is 1.47. The first-order chi connectivity index (χ1) is 21.5. The molecule has 0 aliphatic carbocycles. The SMILES string of the molecule is CCOC(=O)C(Cc1ccccc1)NP(=O)(OCC1(N)OC(n2ccc(=O)[nH]c2=O)C(O)C1O)Oc1cccc2ccccc12. The summed E-state index contributed by atoms with van der Waals surface area (Å²) in [5.74, 6) is -0.567. The van der Waals surface area contributed by atoms with E-state index in [2.05, 4.69) is 5.09 Å². The molecule has 3 aromatic carbocycles. The van der Waals surface area contributed by atoms with Crippen LogP contribution in [0, 0.1) is 0 Å². The van der Waals surface area contributed by atoms with Crippen molar-refractivity contribution in [3.63, 3.8) is 0 Å². The standard InChI is InChI=1S/C30H33N4O10P/c1-2-41-28(38)22(17-19-9-4-3-5-10-19)33-45(40,44-23-14-8-12-20-11-6-7-13-21(20)23)42-18-30(31)26(37)25(36)27(43-30)34-16-15-24(35)32-29(34)39/h3-16,22,25-27,36-37H,2,17-18,31H2,1H3,(H,33,40)(H,32,35,39). The van der Waals surface area contributed by atoms with Crippen LogP contribution in [0.4, 0.5) is 0 Å². The van der Waals surface area contributed by atoms with Crippen molar-refractivity contribution in [2.45, 2.75) is 43.5 Å². The smallest absolute Gasteiger partial charge is 0.459 e. The fourth-order valence-corrected chi connectivity index (χ4v) is 6.47. The summed E-state index contributed by atoms with van der Waals surface area (Å²) < 4.78 is 38.1. The number of benzene rings is 3. The molecular formula is C30H33N4O10P. The Kier molecular flexibility index (Phi) is 9.65. The maximum absolute atomic E-state index is 14.6. The van der Waals surface area contributed by atoms with Gasteiger partial charge in [-0.1, -0.05) is 66.7 Å². The Morgan fingerprint density at radius 1 is 1.09 bits per heavy atom. The van der Waals surface area contributed by atoms with Gasteiger partial charge in [-0.15, -0.1) is 0 Å². The summed E-state index contributed by atoms with van der Waals surface area (Å²) in [5.41, 5.74) is 3.21. The molecule has 6 unspecified atom stereocenters. The lowest BCUT2D eigenvalue weighted by Crippen LogP contribution is -2.55. The summed E-state index contributed by atoms with van der Waals surface area (Å²) in [6, 6.07) is 21.0. The monoisotopic (exact) mass is 640 g/mol. The second kappa shape index (κ2) is 13.5. The van der Waals surface area contributed by atoms with Crippen LogP contribution >= 0.6 is 7.75 Å². The molecule has 0 amide bonds. The molecule has 1 aliphatic rings. The third-order valence-corrected chi connectivity index (χ3v) is 8.71. The van der Waals surface area contributed by atoms with Crippen LogP contribution in [0.15, 0.2) is 94.6 Å². The second-order valence-electron chi connectivity index (χ2n) is 10.4. The number of aliphatic hydroxyl groups is 2. The molecule has 5 rings (SSSR count). The molecule has 45 heavy (non-hydrogen) atoms. The van der Waals surface area contributed by atoms with Crippen LogP contribution in [-0.4, -0.2) is 62.9 Å². The van der Waals surface area contributed by atoms with Gasteiger partial charge < -0.3 is 24.2 Å². The molecular weight excluding hydrogens is 607 g/mol. The van der Waals surface area contributed by atoms with Crippen molar-refractivity contribution in [1.82, 2.24) is 14.6 Å². The first-order valence-corrected chi connectivity index (χ1v) is 15.6.